The number of likely N-dealkylation sites (tertiary alicyclic amines) is 1. The molecule has 2 aliphatic rings. The zero-order valence-corrected chi connectivity index (χ0v) is 21.7. The molecular formula is C29H38N4O4. The maximum absolute atomic E-state index is 13.6. The van der Waals surface area contributed by atoms with Gasteiger partial charge in [0.05, 0.1) is 0 Å². The maximum Gasteiger partial charge on any atom is 0.407 e. The zero-order chi connectivity index (χ0) is 26.1. The molecule has 1 atom stereocenters. The van der Waals surface area contributed by atoms with Crippen LogP contribution < -0.4 is 10.6 Å². The van der Waals surface area contributed by atoms with Crippen LogP contribution in [0.1, 0.15) is 43.2 Å². The number of nitrogens with zero attached hydrogens (tertiary/aromatic N) is 2. The molecule has 1 unspecified atom stereocenters. The number of nitrogens with one attached hydrogen (secondary N) is 2. The number of rotatable bonds is 10. The fourth-order valence-corrected chi connectivity index (χ4v) is 5.20. The van der Waals surface area contributed by atoms with E-state index in [0.717, 1.165) is 30.6 Å². The first kappa shape index (κ1) is 26.7. The van der Waals surface area contributed by atoms with Crippen LogP contribution in [0, 0.1) is 0 Å². The highest BCUT2D eigenvalue weighted by atomic mass is 16.5. The minimum Gasteiger partial charge on any atom is -0.445 e. The molecule has 2 aromatic rings. The summed E-state index contributed by atoms with van der Waals surface area (Å²) in [4.78, 5) is 43.1. The molecule has 2 fully saturated rings. The molecule has 0 radical (unpaired) electrons. The largest absolute Gasteiger partial charge is 0.445 e. The summed E-state index contributed by atoms with van der Waals surface area (Å²) in [6, 6.07) is 19.1. The molecule has 3 amide bonds. The topological polar surface area (TPSA) is 91.0 Å². The van der Waals surface area contributed by atoms with E-state index in [9.17, 15) is 14.4 Å². The van der Waals surface area contributed by atoms with Crippen LogP contribution in [0.5, 0.6) is 0 Å². The quantitative estimate of drug-likeness (QED) is 0.483. The van der Waals surface area contributed by atoms with Crippen molar-refractivity contribution in [3.8, 4) is 0 Å². The Labute approximate surface area is 219 Å². The van der Waals surface area contributed by atoms with Gasteiger partial charge in [0, 0.05) is 26.2 Å². The van der Waals surface area contributed by atoms with Crippen molar-refractivity contribution in [2.75, 3.05) is 33.2 Å². The van der Waals surface area contributed by atoms with Gasteiger partial charge in [-0.05, 0) is 56.7 Å². The summed E-state index contributed by atoms with van der Waals surface area (Å²) in [6.45, 7) is 2.80. The molecule has 2 aromatic carbocycles. The highest BCUT2D eigenvalue weighted by molar-refractivity contribution is 6.00. The monoisotopic (exact) mass is 506 g/mol. The van der Waals surface area contributed by atoms with Crippen LogP contribution in [0.25, 0.3) is 0 Å². The summed E-state index contributed by atoms with van der Waals surface area (Å²) in [7, 11) is 2.05. The summed E-state index contributed by atoms with van der Waals surface area (Å²) in [5.41, 5.74) is 1.33. The predicted octanol–water partition coefficient (Wildman–Crippen LogP) is 3.12. The van der Waals surface area contributed by atoms with Gasteiger partial charge in [-0.15, -0.1) is 0 Å². The second kappa shape index (κ2) is 12.7. The number of hydrogen-bond acceptors (Lipinski definition) is 5. The fourth-order valence-electron chi connectivity index (χ4n) is 5.20. The predicted molar refractivity (Wildman–Crippen MR) is 142 cm³/mol. The number of unbranched alkanes of at least 4 members (excludes halogenated alkanes) is 1. The second-order valence-corrected chi connectivity index (χ2v) is 10.1. The van der Waals surface area contributed by atoms with Crippen molar-refractivity contribution in [2.24, 2.45) is 0 Å². The van der Waals surface area contributed by atoms with Crippen LogP contribution in [-0.4, -0.2) is 72.5 Å². The van der Waals surface area contributed by atoms with E-state index in [2.05, 4.69) is 34.7 Å². The van der Waals surface area contributed by atoms with Gasteiger partial charge in [0.15, 0.2) is 0 Å². The number of ether oxygens (including phenoxy) is 1. The Morgan fingerprint density at radius 1 is 1.00 bits per heavy atom. The van der Waals surface area contributed by atoms with Gasteiger partial charge in [-0.1, -0.05) is 60.7 Å². The molecule has 0 aromatic heterocycles. The van der Waals surface area contributed by atoms with Crippen LogP contribution in [-0.2, 0) is 27.4 Å². The van der Waals surface area contributed by atoms with Crippen molar-refractivity contribution < 1.29 is 19.1 Å². The van der Waals surface area contributed by atoms with Crippen molar-refractivity contribution in [1.82, 2.24) is 20.4 Å². The number of hydrogen-bond donors (Lipinski definition) is 2. The summed E-state index contributed by atoms with van der Waals surface area (Å²) < 4.78 is 5.23. The number of piperazine rings is 1. The van der Waals surface area contributed by atoms with Crippen LogP contribution >= 0.6 is 0 Å². The fraction of sp³-hybridized carbons (Fsp3) is 0.483. The van der Waals surface area contributed by atoms with E-state index in [-0.39, 0.29) is 18.4 Å². The van der Waals surface area contributed by atoms with Gasteiger partial charge in [-0.3, -0.25) is 9.59 Å². The molecule has 0 bridgehead atoms. The normalized spacial score (nSPS) is 19.5. The van der Waals surface area contributed by atoms with Crippen molar-refractivity contribution in [1.29, 1.82) is 0 Å². The smallest absolute Gasteiger partial charge is 0.407 e. The third-order valence-electron chi connectivity index (χ3n) is 7.49. The lowest BCUT2D eigenvalue weighted by atomic mass is 9.81. The summed E-state index contributed by atoms with van der Waals surface area (Å²) >= 11 is 0. The SMILES string of the molecule is CN1CCC2(CC1)C(=O)NC(CCCCNC(=O)OCc1ccccc1)C(=O)N2CCc1ccccc1. The van der Waals surface area contributed by atoms with Crippen molar-refractivity contribution in [3.63, 3.8) is 0 Å². The molecule has 2 saturated heterocycles. The number of benzene rings is 2. The van der Waals surface area contributed by atoms with E-state index < -0.39 is 17.7 Å². The molecule has 4 rings (SSSR count). The molecule has 8 nitrogen and oxygen atoms in total. The van der Waals surface area contributed by atoms with E-state index in [1.54, 1.807) is 0 Å². The van der Waals surface area contributed by atoms with Gasteiger partial charge in [0.25, 0.3) is 0 Å². The van der Waals surface area contributed by atoms with Gasteiger partial charge >= 0.3 is 6.09 Å². The Hall–Kier alpha value is -3.39. The van der Waals surface area contributed by atoms with E-state index in [4.69, 9.17) is 4.74 Å². The minimum absolute atomic E-state index is 0.00955. The maximum atomic E-state index is 13.6. The highest BCUT2D eigenvalue weighted by Gasteiger charge is 2.52. The van der Waals surface area contributed by atoms with Crippen LogP contribution in [0.2, 0.25) is 0 Å². The average Bonchev–Trinajstić information content (AvgIpc) is 2.92. The molecule has 2 heterocycles. The molecule has 198 valence electrons. The van der Waals surface area contributed by atoms with Gasteiger partial charge in [-0.25, -0.2) is 4.79 Å². The summed E-state index contributed by atoms with van der Waals surface area (Å²) in [5, 5.41) is 5.81. The average molecular weight is 507 g/mol. The van der Waals surface area contributed by atoms with Crippen LogP contribution in [0.4, 0.5) is 4.79 Å². The first-order chi connectivity index (χ1) is 18.0. The Morgan fingerprint density at radius 2 is 1.65 bits per heavy atom. The van der Waals surface area contributed by atoms with Crippen molar-refractivity contribution in [2.45, 2.75) is 56.7 Å². The number of amides is 3. The van der Waals surface area contributed by atoms with Gasteiger partial charge < -0.3 is 25.2 Å². The zero-order valence-electron chi connectivity index (χ0n) is 21.7. The first-order valence-corrected chi connectivity index (χ1v) is 13.3. The van der Waals surface area contributed by atoms with E-state index in [1.807, 2.05) is 53.4 Å². The molecule has 8 heteroatoms. The van der Waals surface area contributed by atoms with Crippen LogP contribution in [0.15, 0.2) is 60.7 Å². The molecule has 1 spiro atoms. The molecule has 0 aliphatic carbocycles. The number of alkyl carbamates (subject to hydrolysis) is 1. The lowest BCUT2D eigenvalue weighted by molar-refractivity contribution is -0.161. The molecule has 2 N–H and O–H groups in total. The Bertz CT molecular complexity index is 1040. The van der Waals surface area contributed by atoms with Crippen molar-refractivity contribution >= 4 is 17.9 Å². The lowest BCUT2D eigenvalue weighted by Gasteiger charge is -2.51. The first-order valence-electron chi connectivity index (χ1n) is 13.3. The van der Waals surface area contributed by atoms with E-state index >= 15 is 0 Å². The number of piperidine rings is 1. The summed E-state index contributed by atoms with van der Waals surface area (Å²) in [5.74, 6) is -0.0174. The third kappa shape index (κ3) is 6.89. The molecular weight excluding hydrogens is 468 g/mol. The van der Waals surface area contributed by atoms with E-state index in [1.165, 1.54) is 0 Å². The number of carbonyl (C=O) groups is 3. The lowest BCUT2D eigenvalue weighted by Crippen LogP contribution is -2.72. The Kier molecular flexibility index (Phi) is 9.17. The standard InChI is InChI=1S/C29H38N4O4/c1-32-20-16-29(17-21-32)27(35)31-25(26(34)33(29)19-15-23-10-4-2-5-11-23)14-8-9-18-30-28(36)37-22-24-12-6-3-7-13-24/h2-7,10-13,25H,8-9,14-22H2,1H3,(H,30,36)(H,31,35). The summed E-state index contributed by atoms with van der Waals surface area (Å²) in [6.07, 6.45) is 3.51. The van der Waals surface area contributed by atoms with Crippen LogP contribution in [0.3, 0.4) is 0 Å². The number of carbonyl (C=O) groups excluding carboxylic acids is 3. The molecule has 2 aliphatic heterocycles. The van der Waals surface area contributed by atoms with Crippen molar-refractivity contribution in [3.05, 3.63) is 71.8 Å². The minimum atomic E-state index is -0.765. The highest BCUT2D eigenvalue weighted by Crippen LogP contribution is 2.33. The Morgan fingerprint density at radius 3 is 2.32 bits per heavy atom. The second-order valence-electron chi connectivity index (χ2n) is 10.1. The van der Waals surface area contributed by atoms with E-state index in [0.29, 0.717) is 45.2 Å². The van der Waals surface area contributed by atoms with Gasteiger partial charge in [0.1, 0.15) is 18.2 Å². The molecule has 37 heavy (non-hydrogen) atoms. The van der Waals surface area contributed by atoms with Gasteiger partial charge in [0.2, 0.25) is 11.8 Å². The van der Waals surface area contributed by atoms with Gasteiger partial charge in [-0.2, -0.15) is 0 Å². The Balaban J connectivity index is 1.28. The third-order valence-corrected chi connectivity index (χ3v) is 7.49. The molecule has 0 saturated carbocycles.